The molecule has 5 nitrogen and oxygen atoms in total. The monoisotopic (exact) mass is 443 g/mol. The van der Waals surface area contributed by atoms with Crippen LogP contribution in [0.1, 0.15) is 52.0 Å². The number of carbonyl (C=O) groups is 2. The predicted octanol–water partition coefficient (Wildman–Crippen LogP) is 4.98. The highest BCUT2D eigenvalue weighted by molar-refractivity contribution is 14.1. The molecular weight excluding hydrogens is 421 g/mol. The first-order valence-corrected chi connectivity index (χ1v) is 8.74. The van der Waals surface area contributed by atoms with Crippen molar-refractivity contribution in [3.63, 3.8) is 0 Å². The van der Waals surface area contributed by atoms with Gasteiger partial charge in [0.05, 0.1) is 9.09 Å². The van der Waals surface area contributed by atoms with Crippen molar-refractivity contribution in [1.29, 1.82) is 0 Å². The molecule has 0 aliphatic heterocycles. The van der Waals surface area contributed by atoms with Gasteiger partial charge in [0.25, 0.3) is 0 Å². The number of benzene rings is 1. The highest BCUT2D eigenvalue weighted by Gasteiger charge is 2.31. The third-order valence-corrected chi connectivity index (χ3v) is 4.07. The molecule has 2 aromatic rings. The van der Waals surface area contributed by atoms with Gasteiger partial charge in [-0.25, -0.2) is 14.2 Å². The largest absolute Gasteiger partial charge is 0.455 e. The Kier molecular flexibility index (Phi) is 4.99. The van der Waals surface area contributed by atoms with Crippen LogP contribution in [0.2, 0.25) is 0 Å². The number of esters is 1. The fourth-order valence-corrected chi connectivity index (χ4v) is 3.12. The molecule has 2 rings (SSSR count). The van der Waals surface area contributed by atoms with Crippen LogP contribution in [0.4, 0.5) is 4.79 Å². The Morgan fingerprint density at radius 3 is 2.04 bits per heavy atom. The number of hydrogen-bond donors (Lipinski definition) is 0. The van der Waals surface area contributed by atoms with Crippen LogP contribution in [0.25, 0.3) is 10.9 Å². The van der Waals surface area contributed by atoms with E-state index in [0.717, 1.165) is 5.39 Å². The lowest BCUT2D eigenvalue weighted by Gasteiger charge is -2.22. The Bertz CT molecular complexity index is 794. The summed E-state index contributed by atoms with van der Waals surface area (Å²) >= 11 is 2.07. The fourth-order valence-electron chi connectivity index (χ4n) is 2.20. The molecular formula is C18H22INO4. The predicted molar refractivity (Wildman–Crippen MR) is 101 cm³/mol. The Morgan fingerprint density at radius 1 is 0.958 bits per heavy atom. The lowest BCUT2D eigenvalue weighted by molar-refractivity contribution is 0.00487. The SMILES string of the molecule is CC(C)(C)OC(=O)c1c(I)c2ccccc2n1C(=O)OC(C)(C)C. The summed E-state index contributed by atoms with van der Waals surface area (Å²) in [6, 6.07) is 7.34. The Balaban J connectivity index is 2.65. The lowest BCUT2D eigenvalue weighted by Crippen LogP contribution is -2.31. The van der Waals surface area contributed by atoms with Crippen molar-refractivity contribution in [3.05, 3.63) is 33.5 Å². The van der Waals surface area contributed by atoms with E-state index in [-0.39, 0.29) is 5.69 Å². The van der Waals surface area contributed by atoms with Crippen molar-refractivity contribution in [1.82, 2.24) is 4.57 Å². The van der Waals surface area contributed by atoms with Gasteiger partial charge in [-0.2, -0.15) is 0 Å². The fraction of sp³-hybridized carbons (Fsp3) is 0.444. The zero-order chi connectivity index (χ0) is 18.3. The molecule has 24 heavy (non-hydrogen) atoms. The second-order valence-electron chi connectivity index (χ2n) is 7.50. The molecule has 0 saturated heterocycles. The standard InChI is InChI=1S/C18H22INO4/c1-17(2,3)23-15(21)14-13(19)11-9-7-8-10-12(11)20(14)16(22)24-18(4,5)6/h7-10H,1-6H3. The van der Waals surface area contributed by atoms with E-state index in [9.17, 15) is 9.59 Å². The number of nitrogens with zero attached hydrogens (tertiary/aromatic N) is 1. The van der Waals surface area contributed by atoms with Gasteiger partial charge < -0.3 is 9.47 Å². The third kappa shape index (κ3) is 4.09. The van der Waals surface area contributed by atoms with Crippen LogP contribution < -0.4 is 0 Å². The number of aromatic nitrogens is 1. The van der Waals surface area contributed by atoms with Crippen molar-refractivity contribution >= 4 is 45.6 Å². The molecule has 1 heterocycles. The summed E-state index contributed by atoms with van der Waals surface area (Å²) in [7, 11) is 0. The molecule has 0 fully saturated rings. The maximum atomic E-state index is 12.7. The molecule has 1 aromatic carbocycles. The Labute approximate surface area is 155 Å². The number of hydrogen-bond acceptors (Lipinski definition) is 4. The molecule has 0 amide bonds. The van der Waals surface area contributed by atoms with Gasteiger partial charge in [0.2, 0.25) is 0 Å². The van der Waals surface area contributed by atoms with Crippen molar-refractivity contribution in [2.75, 3.05) is 0 Å². The number of halogens is 1. The first kappa shape index (κ1) is 18.8. The number of ether oxygens (including phenoxy) is 2. The average Bonchev–Trinajstić information content (AvgIpc) is 2.69. The molecule has 0 unspecified atom stereocenters. The average molecular weight is 443 g/mol. The molecule has 130 valence electrons. The first-order chi connectivity index (χ1) is 10.9. The minimum absolute atomic E-state index is 0.195. The second-order valence-corrected chi connectivity index (χ2v) is 8.58. The molecule has 0 atom stereocenters. The first-order valence-electron chi connectivity index (χ1n) is 7.66. The lowest BCUT2D eigenvalue weighted by atomic mass is 10.2. The summed E-state index contributed by atoms with van der Waals surface area (Å²) in [5.41, 5.74) is -0.507. The maximum Gasteiger partial charge on any atom is 0.419 e. The van der Waals surface area contributed by atoms with Gasteiger partial charge in [0.1, 0.15) is 11.2 Å². The Morgan fingerprint density at radius 2 is 1.50 bits per heavy atom. The molecule has 0 bridgehead atoms. The summed E-state index contributed by atoms with van der Waals surface area (Å²) in [5, 5.41) is 0.810. The minimum atomic E-state index is -0.668. The molecule has 0 spiro atoms. The van der Waals surface area contributed by atoms with Crippen LogP contribution in [0.3, 0.4) is 0 Å². The maximum absolute atomic E-state index is 12.7. The van der Waals surface area contributed by atoms with E-state index in [1.807, 2.05) is 18.2 Å². The van der Waals surface area contributed by atoms with Gasteiger partial charge in [-0.15, -0.1) is 0 Å². The van der Waals surface area contributed by atoms with Gasteiger partial charge in [0, 0.05) is 5.39 Å². The van der Waals surface area contributed by atoms with E-state index >= 15 is 0 Å². The zero-order valence-electron chi connectivity index (χ0n) is 14.8. The third-order valence-electron chi connectivity index (χ3n) is 2.98. The van der Waals surface area contributed by atoms with E-state index in [2.05, 4.69) is 22.6 Å². The Hall–Kier alpha value is -1.57. The number of carbonyl (C=O) groups excluding carboxylic acids is 2. The van der Waals surface area contributed by atoms with Crippen LogP contribution in [0.15, 0.2) is 24.3 Å². The quantitative estimate of drug-likeness (QED) is 0.461. The van der Waals surface area contributed by atoms with Gasteiger partial charge in [-0.1, -0.05) is 18.2 Å². The smallest absolute Gasteiger partial charge is 0.419 e. The molecule has 0 aliphatic rings. The summed E-state index contributed by atoms with van der Waals surface area (Å²) in [4.78, 5) is 25.4. The molecule has 0 saturated carbocycles. The van der Waals surface area contributed by atoms with Crippen LogP contribution >= 0.6 is 22.6 Å². The van der Waals surface area contributed by atoms with Gasteiger partial charge in [0.15, 0.2) is 5.69 Å². The van der Waals surface area contributed by atoms with Crippen molar-refractivity contribution in [2.45, 2.75) is 52.7 Å². The van der Waals surface area contributed by atoms with Gasteiger partial charge in [-0.05, 0) is 70.2 Å². The zero-order valence-corrected chi connectivity index (χ0v) is 16.9. The van der Waals surface area contributed by atoms with Crippen molar-refractivity contribution < 1.29 is 19.1 Å². The summed E-state index contributed by atoms with van der Waals surface area (Å²) in [6.07, 6.45) is -0.595. The van der Waals surface area contributed by atoms with E-state index < -0.39 is 23.3 Å². The van der Waals surface area contributed by atoms with Crippen LogP contribution in [-0.2, 0) is 9.47 Å². The molecule has 1 aromatic heterocycles. The van der Waals surface area contributed by atoms with E-state index in [1.54, 1.807) is 47.6 Å². The number of fused-ring (bicyclic) bond motifs is 1. The molecule has 0 aliphatic carbocycles. The second kappa shape index (κ2) is 6.38. The van der Waals surface area contributed by atoms with E-state index in [1.165, 1.54) is 4.57 Å². The van der Waals surface area contributed by atoms with Crippen LogP contribution in [0.5, 0.6) is 0 Å². The summed E-state index contributed by atoms with van der Waals surface area (Å²) in [6.45, 7) is 10.7. The minimum Gasteiger partial charge on any atom is -0.455 e. The van der Waals surface area contributed by atoms with Crippen molar-refractivity contribution in [3.8, 4) is 0 Å². The number of rotatable bonds is 1. The van der Waals surface area contributed by atoms with Crippen molar-refractivity contribution in [2.24, 2.45) is 0 Å². The normalized spacial score (nSPS) is 12.3. The van der Waals surface area contributed by atoms with Crippen LogP contribution in [-0.4, -0.2) is 27.8 Å². The summed E-state index contributed by atoms with van der Waals surface area (Å²) in [5.74, 6) is -0.547. The van der Waals surface area contributed by atoms with E-state index in [4.69, 9.17) is 9.47 Å². The highest BCUT2D eigenvalue weighted by Crippen LogP contribution is 2.30. The van der Waals surface area contributed by atoms with Gasteiger partial charge in [-0.3, -0.25) is 0 Å². The molecule has 0 radical (unpaired) electrons. The summed E-state index contributed by atoms with van der Waals surface area (Å²) < 4.78 is 12.9. The van der Waals surface area contributed by atoms with Crippen LogP contribution in [0, 0.1) is 3.57 Å². The number of para-hydroxylation sites is 1. The molecule has 6 heteroatoms. The highest BCUT2D eigenvalue weighted by atomic mass is 127. The molecule has 0 N–H and O–H groups in total. The van der Waals surface area contributed by atoms with E-state index in [0.29, 0.717) is 9.09 Å². The van der Waals surface area contributed by atoms with Gasteiger partial charge >= 0.3 is 12.1 Å². The topological polar surface area (TPSA) is 57.5 Å².